The molecule has 1 heterocycles. The zero-order valence-electron chi connectivity index (χ0n) is 13.5. The van der Waals surface area contributed by atoms with Crippen molar-refractivity contribution in [2.45, 2.75) is 24.3 Å². The second-order valence-corrected chi connectivity index (χ2v) is 6.80. The van der Waals surface area contributed by atoms with Crippen LogP contribution in [-0.2, 0) is 4.79 Å². The van der Waals surface area contributed by atoms with E-state index in [0.717, 1.165) is 12.2 Å². The molecule has 0 fully saturated rings. The molecular formula is C19H19NO3S. The highest BCUT2D eigenvalue weighted by molar-refractivity contribution is 7.99. The van der Waals surface area contributed by atoms with E-state index in [1.165, 1.54) is 17.4 Å². The van der Waals surface area contributed by atoms with Crippen molar-refractivity contribution in [3.63, 3.8) is 0 Å². The third-order valence-electron chi connectivity index (χ3n) is 3.92. The molecule has 1 amide bonds. The summed E-state index contributed by atoms with van der Waals surface area (Å²) in [5, 5.41) is 3.04. The molecule has 1 N–H and O–H groups in total. The number of fused-ring (bicyclic) bond motifs is 1. The van der Waals surface area contributed by atoms with Crippen LogP contribution in [0.2, 0.25) is 0 Å². The molecule has 1 aliphatic rings. The number of nitrogens with one attached hydrogen (secondary N) is 1. The molecule has 1 atom stereocenters. The lowest BCUT2D eigenvalue weighted by Crippen LogP contribution is -2.34. The lowest BCUT2D eigenvalue weighted by Gasteiger charge is -2.25. The zero-order valence-corrected chi connectivity index (χ0v) is 14.3. The van der Waals surface area contributed by atoms with Gasteiger partial charge in [0.2, 0.25) is 0 Å². The van der Waals surface area contributed by atoms with Crippen LogP contribution in [0.1, 0.15) is 35.3 Å². The number of carbonyl (C=O) groups excluding carboxylic acids is 2. The summed E-state index contributed by atoms with van der Waals surface area (Å²) in [6.07, 6.45) is 0.917. The summed E-state index contributed by atoms with van der Waals surface area (Å²) < 4.78 is 5.50. The Morgan fingerprint density at radius 3 is 2.67 bits per heavy atom. The SMILES string of the molecule is CC(=O)c1ccc(OCC(=O)NC2CCSc3ccccc32)cc1. The normalized spacial score (nSPS) is 16.1. The van der Waals surface area contributed by atoms with Gasteiger partial charge in [0, 0.05) is 16.2 Å². The number of amides is 1. The van der Waals surface area contributed by atoms with Gasteiger partial charge in [0.05, 0.1) is 6.04 Å². The Labute approximate surface area is 145 Å². The van der Waals surface area contributed by atoms with E-state index in [-0.39, 0.29) is 24.3 Å². The lowest BCUT2D eigenvalue weighted by atomic mass is 10.0. The van der Waals surface area contributed by atoms with Gasteiger partial charge in [-0.3, -0.25) is 9.59 Å². The molecular weight excluding hydrogens is 322 g/mol. The van der Waals surface area contributed by atoms with E-state index in [0.29, 0.717) is 11.3 Å². The monoisotopic (exact) mass is 341 g/mol. The van der Waals surface area contributed by atoms with Crippen LogP contribution < -0.4 is 10.1 Å². The van der Waals surface area contributed by atoms with Gasteiger partial charge in [0.15, 0.2) is 12.4 Å². The molecule has 0 saturated carbocycles. The molecule has 24 heavy (non-hydrogen) atoms. The van der Waals surface area contributed by atoms with Gasteiger partial charge in [0.1, 0.15) is 5.75 Å². The summed E-state index contributed by atoms with van der Waals surface area (Å²) in [5.41, 5.74) is 1.80. The molecule has 0 radical (unpaired) electrons. The first kappa shape index (κ1) is 16.6. The third kappa shape index (κ3) is 3.97. The molecule has 2 aromatic carbocycles. The minimum absolute atomic E-state index is 0.00752. The van der Waals surface area contributed by atoms with Gasteiger partial charge in [-0.25, -0.2) is 0 Å². The number of ether oxygens (including phenoxy) is 1. The Morgan fingerprint density at radius 1 is 1.17 bits per heavy atom. The second kappa shape index (κ2) is 7.53. The molecule has 0 bridgehead atoms. The fourth-order valence-corrected chi connectivity index (χ4v) is 3.79. The van der Waals surface area contributed by atoms with Crippen molar-refractivity contribution < 1.29 is 14.3 Å². The molecule has 1 unspecified atom stereocenters. The maximum Gasteiger partial charge on any atom is 0.258 e. The molecule has 5 heteroatoms. The summed E-state index contributed by atoms with van der Waals surface area (Å²) in [7, 11) is 0. The van der Waals surface area contributed by atoms with Crippen molar-refractivity contribution in [2.24, 2.45) is 0 Å². The van der Waals surface area contributed by atoms with Gasteiger partial charge in [-0.05, 0) is 49.2 Å². The summed E-state index contributed by atoms with van der Waals surface area (Å²) >= 11 is 1.82. The van der Waals surface area contributed by atoms with E-state index in [2.05, 4.69) is 17.4 Å². The van der Waals surface area contributed by atoms with Crippen molar-refractivity contribution in [1.29, 1.82) is 0 Å². The Kier molecular flexibility index (Phi) is 5.20. The van der Waals surface area contributed by atoms with Gasteiger partial charge in [-0.15, -0.1) is 11.8 Å². The van der Waals surface area contributed by atoms with E-state index in [9.17, 15) is 9.59 Å². The minimum atomic E-state index is -0.141. The number of benzene rings is 2. The number of carbonyl (C=O) groups is 2. The topological polar surface area (TPSA) is 55.4 Å². The average Bonchev–Trinajstić information content (AvgIpc) is 2.61. The standard InChI is InChI=1S/C19H19NO3S/c1-13(21)14-6-8-15(9-7-14)23-12-19(22)20-17-10-11-24-18-5-3-2-4-16(17)18/h2-9,17H,10-12H2,1H3,(H,20,22). The summed E-state index contributed by atoms with van der Waals surface area (Å²) in [6.45, 7) is 1.48. The molecule has 3 rings (SSSR count). The van der Waals surface area contributed by atoms with Crippen molar-refractivity contribution >= 4 is 23.5 Å². The maximum absolute atomic E-state index is 12.2. The predicted octanol–water partition coefficient (Wildman–Crippen LogP) is 3.62. The number of thioether (sulfide) groups is 1. The maximum atomic E-state index is 12.2. The van der Waals surface area contributed by atoms with Crippen LogP contribution in [0, 0.1) is 0 Å². The molecule has 1 aliphatic heterocycles. The predicted molar refractivity (Wildman–Crippen MR) is 94.6 cm³/mol. The fourth-order valence-electron chi connectivity index (χ4n) is 2.66. The number of Topliss-reactive ketones (excluding diaryl/α,β-unsaturated/α-hetero) is 1. The van der Waals surface area contributed by atoms with Gasteiger partial charge in [-0.1, -0.05) is 18.2 Å². The highest BCUT2D eigenvalue weighted by Gasteiger charge is 2.21. The number of rotatable bonds is 5. The smallest absolute Gasteiger partial charge is 0.258 e. The lowest BCUT2D eigenvalue weighted by molar-refractivity contribution is -0.123. The zero-order chi connectivity index (χ0) is 16.9. The van der Waals surface area contributed by atoms with E-state index < -0.39 is 0 Å². The largest absolute Gasteiger partial charge is 0.484 e. The Morgan fingerprint density at radius 2 is 1.92 bits per heavy atom. The highest BCUT2D eigenvalue weighted by Crippen LogP contribution is 2.35. The highest BCUT2D eigenvalue weighted by atomic mass is 32.2. The van der Waals surface area contributed by atoms with Crippen molar-refractivity contribution in [1.82, 2.24) is 5.32 Å². The summed E-state index contributed by atoms with van der Waals surface area (Å²) in [5.74, 6) is 1.44. The first-order valence-corrected chi connectivity index (χ1v) is 8.87. The average molecular weight is 341 g/mol. The Balaban J connectivity index is 1.56. The van der Waals surface area contributed by atoms with E-state index in [4.69, 9.17) is 4.74 Å². The van der Waals surface area contributed by atoms with Crippen LogP contribution in [0.5, 0.6) is 5.75 Å². The molecule has 2 aromatic rings. The van der Waals surface area contributed by atoms with Gasteiger partial charge >= 0.3 is 0 Å². The molecule has 0 aliphatic carbocycles. The van der Waals surface area contributed by atoms with Gasteiger partial charge in [0.25, 0.3) is 5.91 Å². The quantitative estimate of drug-likeness (QED) is 0.844. The van der Waals surface area contributed by atoms with E-state index in [1.807, 2.05) is 23.9 Å². The summed E-state index contributed by atoms with van der Waals surface area (Å²) in [6, 6.07) is 15.0. The number of ketones is 1. The van der Waals surface area contributed by atoms with E-state index in [1.54, 1.807) is 24.3 Å². The van der Waals surface area contributed by atoms with Crippen LogP contribution in [-0.4, -0.2) is 24.1 Å². The van der Waals surface area contributed by atoms with Crippen LogP contribution >= 0.6 is 11.8 Å². The molecule has 4 nitrogen and oxygen atoms in total. The summed E-state index contributed by atoms with van der Waals surface area (Å²) in [4.78, 5) is 24.6. The fraction of sp³-hybridized carbons (Fsp3) is 0.263. The Bertz CT molecular complexity index is 743. The van der Waals surface area contributed by atoms with Crippen LogP contribution in [0.3, 0.4) is 0 Å². The first-order chi connectivity index (χ1) is 11.6. The van der Waals surface area contributed by atoms with Crippen molar-refractivity contribution in [3.05, 3.63) is 59.7 Å². The van der Waals surface area contributed by atoms with Crippen LogP contribution in [0.4, 0.5) is 0 Å². The minimum Gasteiger partial charge on any atom is -0.484 e. The van der Waals surface area contributed by atoms with Crippen molar-refractivity contribution in [3.8, 4) is 5.75 Å². The van der Waals surface area contributed by atoms with Gasteiger partial charge < -0.3 is 10.1 Å². The molecule has 0 spiro atoms. The number of hydrogen-bond acceptors (Lipinski definition) is 4. The van der Waals surface area contributed by atoms with Gasteiger partial charge in [-0.2, -0.15) is 0 Å². The van der Waals surface area contributed by atoms with E-state index >= 15 is 0 Å². The molecule has 124 valence electrons. The van der Waals surface area contributed by atoms with Crippen molar-refractivity contribution in [2.75, 3.05) is 12.4 Å². The number of hydrogen-bond donors (Lipinski definition) is 1. The molecule has 0 saturated heterocycles. The third-order valence-corrected chi connectivity index (χ3v) is 5.05. The van der Waals surface area contributed by atoms with Crippen LogP contribution in [0.25, 0.3) is 0 Å². The van der Waals surface area contributed by atoms with Crippen LogP contribution in [0.15, 0.2) is 53.4 Å². The first-order valence-electron chi connectivity index (χ1n) is 7.88. The Hall–Kier alpha value is -2.27. The second-order valence-electron chi connectivity index (χ2n) is 5.66. The molecule has 0 aromatic heterocycles.